The highest BCUT2D eigenvalue weighted by Gasteiger charge is 2.04. The molecule has 0 saturated carbocycles. The second-order valence-electron chi connectivity index (χ2n) is 3.43. The zero-order valence-corrected chi connectivity index (χ0v) is 9.48. The van der Waals surface area contributed by atoms with Gasteiger partial charge in [0.05, 0.1) is 29.0 Å². The molecule has 0 atom stereocenters. The minimum atomic E-state index is 0.639. The first-order chi connectivity index (χ1) is 8.36. The lowest BCUT2D eigenvalue weighted by Crippen LogP contribution is -1.86. The van der Waals surface area contributed by atoms with Gasteiger partial charge in [-0.1, -0.05) is 12.1 Å². The number of nitrogens with zero attached hydrogens (tertiary/aromatic N) is 4. The van der Waals surface area contributed by atoms with Crippen molar-refractivity contribution in [1.29, 1.82) is 5.26 Å². The zero-order chi connectivity index (χ0) is 11.7. The molecule has 4 nitrogen and oxygen atoms in total. The van der Waals surface area contributed by atoms with Crippen molar-refractivity contribution in [3.05, 3.63) is 41.5 Å². The first-order valence-electron chi connectivity index (χ1n) is 4.93. The van der Waals surface area contributed by atoms with Crippen LogP contribution >= 0.6 is 11.3 Å². The van der Waals surface area contributed by atoms with E-state index in [2.05, 4.69) is 21.0 Å². The van der Waals surface area contributed by atoms with E-state index in [-0.39, 0.29) is 0 Å². The highest BCUT2D eigenvalue weighted by molar-refractivity contribution is 7.16. The van der Waals surface area contributed by atoms with E-state index in [1.54, 1.807) is 23.8 Å². The van der Waals surface area contributed by atoms with Crippen molar-refractivity contribution in [3.63, 3.8) is 0 Å². The van der Waals surface area contributed by atoms with E-state index >= 15 is 0 Å². The van der Waals surface area contributed by atoms with Crippen LogP contribution in [0.15, 0.2) is 36.0 Å². The van der Waals surface area contributed by atoms with Crippen LogP contribution in [-0.4, -0.2) is 15.0 Å². The van der Waals surface area contributed by atoms with Gasteiger partial charge in [0, 0.05) is 5.56 Å². The molecule has 1 aromatic carbocycles. The average molecular weight is 238 g/mol. The number of benzene rings is 1. The van der Waals surface area contributed by atoms with Gasteiger partial charge in [-0.2, -0.15) is 5.26 Å². The topological polar surface area (TPSA) is 62.5 Å². The molecule has 5 heteroatoms. The molecule has 0 aliphatic rings. The third-order valence-electron chi connectivity index (χ3n) is 2.37. The fourth-order valence-electron chi connectivity index (χ4n) is 1.51. The van der Waals surface area contributed by atoms with Crippen molar-refractivity contribution in [2.24, 2.45) is 0 Å². The van der Waals surface area contributed by atoms with Crippen molar-refractivity contribution in [1.82, 2.24) is 15.0 Å². The number of aromatic nitrogens is 3. The Bertz CT molecular complexity index is 709. The van der Waals surface area contributed by atoms with E-state index in [0.29, 0.717) is 11.2 Å². The van der Waals surface area contributed by atoms with Gasteiger partial charge < -0.3 is 0 Å². The molecule has 0 N–H and O–H groups in total. The molecule has 3 aromatic rings. The molecule has 0 aliphatic carbocycles. The van der Waals surface area contributed by atoms with Gasteiger partial charge in [-0.05, 0) is 12.1 Å². The standard InChI is InChI=1S/C12H6N4S/c13-5-8-1-3-9(4-2-8)10-6-14-11-12(16-10)17-7-15-11/h1-4,6-7H. The van der Waals surface area contributed by atoms with Gasteiger partial charge in [0.25, 0.3) is 0 Å². The van der Waals surface area contributed by atoms with E-state index in [9.17, 15) is 0 Å². The summed E-state index contributed by atoms with van der Waals surface area (Å²) >= 11 is 1.47. The fourth-order valence-corrected chi connectivity index (χ4v) is 2.13. The van der Waals surface area contributed by atoms with Crippen molar-refractivity contribution < 1.29 is 0 Å². The van der Waals surface area contributed by atoms with Gasteiger partial charge in [-0.25, -0.2) is 15.0 Å². The smallest absolute Gasteiger partial charge is 0.189 e. The molecule has 3 rings (SSSR count). The van der Waals surface area contributed by atoms with Crippen LogP contribution in [-0.2, 0) is 0 Å². The van der Waals surface area contributed by atoms with Gasteiger partial charge in [-0.15, -0.1) is 11.3 Å². The number of hydrogen-bond acceptors (Lipinski definition) is 5. The molecule has 0 bridgehead atoms. The number of hydrogen-bond donors (Lipinski definition) is 0. The van der Waals surface area contributed by atoms with Gasteiger partial charge in [0.2, 0.25) is 0 Å². The lowest BCUT2D eigenvalue weighted by atomic mass is 10.1. The summed E-state index contributed by atoms with van der Waals surface area (Å²) in [7, 11) is 0. The molecular formula is C12H6N4S. The quantitative estimate of drug-likeness (QED) is 0.653. The highest BCUT2D eigenvalue weighted by Crippen LogP contribution is 2.20. The summed E-state index contributed by atoms with van der Waals surface area (Å²) in [4.78, 5) is 13.6. The van der Waals surface area contributed by atoms with Crippen molar-refractivity contribution in [3.8, 4) is 17.3 Å². The highest BCUT2D eigenvalue weighted by atomic mass is 32.1. The van der Waals surface area contributed by atoms with Crippen LogP contribution in [0.2, 0.25) is 0 Å². The number of thiazole rings is 1. The van der Waals surface area contributed by atoms with Gasteiger partial charge in [0.1, 0.15) is 0 Å². The third-order valence-corrected chi connectivity index (χ3v) is 3.08. The zero-order valence-electron chi connectivity index (χ0n) is 8.66. The Hall–Kier alpha value is -2.32. The Balaban J connectivity index is 2.10. The Morgan fingerprint density at radius 3 is 2.71 bits per heavy atom. The van der Waals surface area contributed by atoms with Crippen molar-refractivity contribution >= 4 is 21.8 Å². The Labute approximate surface area is 101 Å². The first kappa shape index (κ1) is 9.87. The van der Waals surface area contributed by atoms with Crippen LogP contribution in [0.5, 0.6) is 0 Å². The van der Waals surface area contributed by atoms with E-state index in [0.717, 1.165) is 16.1 Å². The number of nitriles is 1. The van der Waals surface area contributed by atoms with Crippen molar-refractivity contribution in [2.45, 2.75) is 0 Å². The molecule has 2 aromatic heterocycles. The molecule has 80 valence electrons. The first-order valence-corrected chi connectivity index (χ1v) is 5.81. The van der Waals surface area contributed by atoms with Gasteiger partial charge in [0.15, 0.2) is 10.5 Å². The maximum absolute atomic E-state index is 8.73. The Morgan fingerprint density at radius 2 is 1.94 bits per heavy atom. The molecule has 0 unspecified atom stereocenters. The van der Waals surface area contributed by atoms with E-state index in [1.807, 2.05) is 12.1 Å². The minimum absolute atomic E-state index is 0.639. The molecule has 0 amide bonds. The second-order valence-corrected chi connectivity index (χ2v) is 4.26. The molecule has 0 aliphatic heterocycles. The number of rotatable bonds is 1. The SMILES string of the molecule is N#Cc1ccc(-c2cnc3ncsc3n2)cc1. The average Bonchev–Trinajstić information content (AvgIpc) is 2.86. The summed E-state index contributed by atoms with van der Waals surface area (Å²) in [5.41, 5.74) is 4.79. The lowest BCUT2D eigenvalue weighted by molar-refractivity contribution is 1.26. The van der Waals surface area contributed by atoms with Crippen LogP contribution in [0.1, 0.15) is 5.56 Å². The van der Waals surface area contributed by atoms with E-state index < -0.39 is 0 Å². The predicted molar refractivity (Wildman–Crippen MR) is 65.4 cm³/mol. The van der Waals surface area contributed by atoms with E-state index in [1.165, 1.54) is 11.3 Å². The fraction of sp³-hybridized carbons (Fsp3) is 0. The Kier molecular flexibility index (Phi) is 2.28. The molecular weight excluding hydrogens is 232 g/mol. The number of fused-ring (bicyclic) bond motifs is 1. The minimum Gasteiger partial charge on any atom is -0.232 e. The van der Waals surface area contributed by atoms with Crippen molar-refractivity contribution in [2.75, 3.05) is 0 Å². The maximum atomic E-state index is 8.73. The van der Waals surface area contributed by atoms with Crippen LogP contribution in [0.3, 0.4) is 0 Å². The summed E-state index contributed by atoms with van der Waals surface area (Å²) in [5, 5.41) is 8.73. The second kappa shape index (κ2) is 3.92. The molecule has 0 fully saturated rings. The summed E-state index contributed by atoms with van der Waals surface area (Å²) in [6, 6.07) is 9.37. The summed E-state index contributed by atoms with van der Waals surface area (Å²) in [6.45, 7) is 0. The van der Waals surface area contributed by atoms with Crippen LogP contribution in [0, 0.1) is 11.3 Å². The third kappa shape index (κ3) is 1.75. The van der Waals surface area contributed by atoms with Crippen LogP contribution in [0.4, 0.5) is 0 Å². The monoisotopic (exact) mass is 238 g/mol. The van der Waals surface area contributed by atoms with Crippen LogP contribution in [0.25, 0.3) is 21.7 Å². The van der Waals surface area contributed by atoms with Crippen LogP contribution < -0.4 is 0 Å². The Morgan fingerprint density at radius 1 is 1.12 bits per heavy atom. The summed E-state index contributed by atoms with van der Waals surface area (Å²) in [5.74, 6) is 0. The molecule has 0 radical (unpaired) electrons. The molecule has 0 spiro atoms. The molecule has 17 heavy (non-hydrogen) atoms. The summed E-state index contributed by atoms with van der Waals surface area (Å²) in [6.07, 6.45) is 1.70. The normalized spacial score (nSPS) is 10.3. The maximum Gasteiger partial charge on any atom is 0.189 e. The lowest BCUT2D eigenvalue weighted by Gasteiger charge is -1.99. The summed E-state index contributed by atoms with van der Waals surface area (Å²) < 4.78 is 0. The molecule has 2 heterocycles. The van der Waals surface area contributed by atoms with Gasteiger partial charge >= 0.3 is 0 Å². The molecule has 0 saturated heterocycles. The van der Waals surface area contributed by atoms with Gasteiger partial charge in [-0.3, -0.25) is 0 Å². The largest absolute Gasteiger partial charge is 0.232 e. The predicted octanol–water partition coefficient (Wildman–Crippen LogP) is 2.62. The van der Waals surface area contributed by atoms with E-state index in [4.69, 9.17) is 5.26 Å².